The third-order valence-corrected chi connectivity index (χ3v) is 5.27. The molecule has 5 heterocycles. The quantitative estimate of drug-likeness (QED) is 0.525. The first-order valence-electron chi connectivity index (χ1n) is 10.2. The number of fused-ring (bicyclic) bond motifs is 1. The molecule has 4 aromatic heterocycles. The lowest BCUT2D eigenvalue weighted by Crippen LogP contribution is -2.40. The number of hydrogen-bond acceptors (Lipinski definition) is 7. The molecule has 1 saturated heterocycles. The highest BCUT2D eigenvalue weighted by atomic mass is 19.1. The SMILES string of the molecule is Cc1nc(C)c2nc(-c3cncc(F)c3)n(Cc3cnn(CC4CNCCO4)c3)c2n1. The molecule has 0 bridgehead atoms. The van der Waals surface area contributed by atoms with Crippen LogP contribution in [0.15, 0.2) is 30.9 Å². The van der Waals surface area contributed by atoms with Gasteiger partial charge in [0.05, 0.1) is 43.9 Å². The van der Waals surface area contributed by atoms with Crippen LogP contribution in [0.2, 0.25) is 0 Å². The van der Waals surface area contributed by atoms with Crippen LogP contribution in [0, 0.1) is 19.7 Å². The highest BCUT2D eigenvalue weighted by Gasteiger charge is 2.19. The summed E-state index contributed by atoms with van der Waals surface area (Å²) in [5.41, 5.74) is 3.76. The second kappa shape index (κ2) is 8.12. The number of nitrogens with zero attached hydrogens (tertiary/aromatic N) is 7. The molecular formula is C21H23FN8O. The van der Waals surface area contributed by atoms with Crippen LogP contribution in [0.5, 0.6) is 0 Å². The van der Waals surface area contributed by atoms with Gasteiger partial charge in [-0.25, -0.2) is 19.3 Å². The number of ether oxygens (including phenoxy) is 1. The number of hydrogen-bond donors (Lipinski definition) is 1. The molecule has 0 spiro atoms. The van der Waals surface area contributed by atoms with E-state index in [1.54, 1.807) is 6.20 Å². The number of imidazole rings is 1. The summed E-state index contributed by atoms with van der Waals surface area (Å²) >= 11 is 0. The molecule has 0 saturated carbocycles. The van der Waals surface area contributed by atoms with Crippen LogP contribution in [0.25, 0.3) is 22.6 Å². The Bertz CT molecular complexity index is 1230. The van der Waals surface area contributed by atoms with E-state index in [1.165, 1.54) is 12.3 Å². The highest BCUT2D eigenvalue weighted by Crippen LogP contribution is 2.26. The third kappa shape index (κ3) is 4.04. The van der Waals surface area contributed by atoms with Crippen LogP contribution in [-0.2, 0) is 17.8 Å². The Morgan fingerprint density at radius 3 is 2.90 bits per heavy atom. The van der Waals surface area contributed by atoms with E-state index in [-0.39, 0.29) is 6.10 Å². The lowest BCUT2D eigenvalue weighted by atomic mass is 10.2. The van der Waals surface area contributed by atoms with E-state index in [0.717, 1.165) is 24.3 Å². The Balaban J connectivity index is 1.52. The zero-order valence-corrected chi connectivity index (χ0v) is 17.4. The van der Waals surface area contributed by atoms with Gasteiger partial charge in [-0.15, -0.1) is 0 Å². The number of morpholine rings is 1. The minimum absolute atomic E-state index is 0.0996. The van der Waals surface area contributed by atoms with Gasteiger partial charge in [0.2, 0.25) is 0 Å². The van der Waals surface area contributed by atoms with Gasteiger partial charge in [0.15, 0.2) is 5.65 Å². The van der Waals surface area contributed by atoms with Crippen molar-refractivity contribution in [3.8, 4) is 11.4 Å². The molecule has 160 valence electrons. The van der Waals surface area contributed by atoms with Crippen molar-refractivity contribution in [2.24, 2.45) is 0 Å². The van der Waals surface area contributed by atoms with Crippen LogP contribution in [-0.4, -0.2) is 60.1 Å². The Kier molecular flexibility index (Phi) is 5.16. The third-order valence-electron chi connectivity index (χ3n) is 5.27. The lowest BCUT2D eigenvalue weighted by Gasteiger charge is -2.23. The second-order valence-electron chi connectivity index (χ2n) is 7.71. The van der Waals surface area contributed by atoms with E-state index in [1.807, 2.05) is 35.5 Å². The number of halogens is 1. The summed E-state index contributed by atoms with van der Waals surface area (Å²) < 4.78 is 23.5. The summed E-state index contributed by atoms with van der Waals surface area (Å²) in [5.74, 6) is 0.842. The van der Waals surface area contributed by atoms with Gasteiger partial charge in [-0.3, -0.25) is 9.67 Å². The molecule has 31 heavy (non-hydrogen) atoms. The van der Waals surface area contributed by atoms with Crippen LogP contribution in [0.1, 0.15) is 17.1 Å². The molecule has 5 rings (SSSR count). The molecule has 1 atom stereocenters. The van der Waals surface area contributed by atoms with Gasteiger partial charge in [0.1, 0.15) is 23.0 Å². The summed E-state index contributed by atoms with van der Waals surface area (Å²) in [6.07, 6.45) is 6.71. The van der Waals surface area contributed by atoms with Crippen molar-refractivity contribution in [3.05, 3.63) is 53.8 Å². The number of nitrogens with one attached hydrogen (secondary N) is 1. The maximum Gasteiger partial charge on any atom is 0.164 e. The first kappa shape index (κ1) is 19.7. The number of aryl methyl sites for hydroxylation is 2. The molecule has 1 fully saturated rings. The maximum atomic E-state index is 13.9. The van der Waals surface area contributed by atoms with E-state index in [9.17, 15) is 4.39 Å². The van der Waals surface area contributed by atoms with Gasteiger partial charge >= 0.3 is 0 Å². The normalized spacial score (nSPS) is 16.8. The summed E-state index contributed by atoms with van der Waals surface area (Å²) in [6.45, 7) is 7.33. The predicted molar refractivity (Wildman–Crippen MR) is 112 cm³/mol. The second-order valence-corrected chi connectivity index (χ2v) is 7.71. The fraction of sp³-hybridized carbons (Fsp3) is 0.381. The molecule has 4 aromatic rings. The van der Waals surface area contributed by atoms with E-state index >= 15 is 0 Å². The standard InChI is InChI=1S/C21H23FN8O/c1-13-19-21(27-14(2)26-13)30(20(28-19)16-5-17(22)8-24-7-16)11-15-6-25-29(10-15)12-18-9-23-3-4-31-18/h5-8,10,18,23H,3-4,9,11-12H2,1-2H3. The fourth-order valence-electron chi connectivity index (χ4n) is 3.89. The number of pyridine rings is 1. The summed E-state index contributed by atoms with van der Waals surface area (Å²) in [6, 6.07) is 1.43. The van der Waals surface area contributed by atoms with Crippen LogP contribution >= 0.6 is 0 Å². The predicted octanol–water partition coefficient (Wildman–Crippen LogP) is 1.88. The first-order valence-corrected chi connectivity index (χ1v) is 10.2. The van der Waals surface area contributed by atoms with Crippen LogP contribution < -0.4 is 5.32 Å². The Hall–Kier alpha value is -3.24. The average molecular weight is 422 g/mol. The van der Waals surface area contributed by atoms with Crippen molar-refractivity contribution in [3.63, 3.8) is 0 Å². The van der Waals surface area contributed by atoms with Gasteiger partial charge in [-0.05, 0) is 19.9 Å². The monoisotopic (exact) mass is 422 g/mol. The molecule has 0 radical (unpaired) electrons. The Morgan fingerprint density at radius 1 is 1.19 bits per heavy atom. The van der Waals surface area contributed by atoms with Crippen molar-refractivity contribution < 1.29 is 9.13 Å². The van der Waals surface area contributed by atoms with Crippen molar-refractivity contribution in [1.29, 1.82) is 0 Å². The van der Waals surface area contributed by atoms with Gasteiger partial charge in [-0.1, -0.05) is 0 Å². The summed E-state index contributed by atoms with van der Waals surface area (Å²) in [4.78, 5) is 17.8. The molecule has 0 aliphatic carbocycles. The zero-order chi connectivity index (χ0) is 21.4. The smallest absolute Gasteiger partial charge is 0.164 e. The molecule has 1 aliphatic heterocycles. The highest BCUT2D eigenvalue weighted by molar-refractivity contribution is 5.79. The summed E-state index contributed by atoms with van der Waals surface area (Å²) in [5, 5.41) is 7.82. The minimum Gasteiger partial charge on any atom is -0.374 e. The molecule has 10 heteroatoms. The minimum atomic E-state index is -0.413. The van der Waals surface area contributed by atoms with Crippen LogP contribution in [0.3, 0.4) is 0 Å². The Labute approximate surface area is 178 Å². The fourth-order valence-corrected chi connectivity index (χ4v) is 3.89. The molecular weight excluding hydrogens is 399 g/mol. The van der Waals surface area contributed by atoms with E-state index in [2.05, 4.69) is 25.4 Å². The molecule has 1 aliphatic rings. The van der Waals surface area contributed by atoms with Crippen molar-refractivity contribution in [1.82, 2.24) is 39.6 Å². The molecule has 0 amide bonds. The molecule has 1 N–H and O–H groups in total. The summed E-state index contributed by atoms with van der Waals surface area (Å²) in [7, 11) is 0. The van der Waals surface area contributed by atoms with Gasteiger partial charge in [-0.2, -0.15) is 5.10 Å². The van der Waals surface area contributed by atoms with Crippen molar-refractivity contribution in [2.45, 2.75) is 33.0 Å². The van der Waals surface area contributed by atoms with E-state index in [4.69, 9.17) is 9.72 Å². The maximum absolute atomic E-state index is 13.9. The van der Waals surface area contributed by atoms with E-state index < -0.39 is 5.82 Å². The Morgan fingerprint density at radius 2 is 2.10 bits per heavy atom. The number of rotatable bonds is 5. The van der Waals surface area contributed by atoms with Gasteiger partial charge < -0.3 is 14.6 Å². The van der Waals surface area contributed by atoms with Gasteiger partial charge in [0, 0.05) is 36.6 Å². The van der Waals surface area contributed by atoms with Gasteiger partial charge in [0.25, 0.3) is 0 Å². The van der Waals surface area contributed by atoms with Crippen LogP contribution in [0.4, 0.5) is 4.39 Å². The topological polar surface area (TPSA) is 95.6 Å². The van der Waals surface area contributed by atoms with Crippen molar-refractivity contribution in [2.75, 3.05) is 19.7 Å². The lowest BCUT2D eigenvalue weighted by molar-refractivity contribution is 0.0161. The van der Waals surface area contributed by atoms with E-state index in [0.29, 0.717) is 48.1 Å². The zero-order valence-electron chi connectivity index (χ0n) is 17.4. The first-order chi connectivity index (χ1) is 15.1. The van der Waals surface area contributed by atoms with Crippen molar-refractivity contribution >= 4 is 11.2 Å². The number of aromatic nitrogens is 7. The largest absolute Gasteiger partial charge is 0.374 e. The molecule has 0 aromatic carbocycles. The average Bonchev–Trinajstić information content (AvgIpc) is 3.34. The molecule has 1 unspecified atom stereocenters. The molecule has 9 nitrogen and oxygen atoms in total.